The number of aromatic amines is 1. The highest BCUT2D eigenvalue weighted by Crippen LogP contribution is 2.21. The fourth-order valence-electron chi connectivity index (χ4n) is 1.82. The number of H-pyrrole nitrogens is 1. The SMILES string of the molecule is CC(C)N(CCCO)c1ncnc2nc[nH]c12. The van der Waals surface area contributed by atoms with Gasteiger partial charge in [0.1, 0.15) is 11.8 Å². The van der Waals surface area contributed by atoms with Gasteiger partial charge >= 0.3 is 0 Å². The summed E-state index contributed by atoms with van der Waals surface area (Å²) in [5.74, 6) is 0.843. The van der Waals surface area contributed by atoms with Crippen LogP contribution in [-0.4, -0.2) is 44.2 Å². The summed E-state index contributed by atoms with van der Waals surface area (Å²) in [5, 5.41) is 8.94. The Morgan fingerprint density at radius 3 is 2.88 bits per heavy atom. The molecule has 0 amide bonds. The molecule has 2 rings (SSSR count). The van der Waals surface area contributed by atoms with Crippen molar-refractivity contribution in [3.8, 4) is 0 Å². The Morgan fingerprint density at radius 2 is 2.18 bits per heavy atom. The average molecular weight is 235 g/mol. The zero-order chi connectivity index (χ0) is 12.3. The van der Waals surface area contributed by atoms with Crippen LogP contribution < -0.4 is 4.90 Å². The molecule has 0 atom stereocenters. The first-order valence-corrected chi connectivity index (χ1v) is 5.75. The van der Waals surface area contributed by atoms with Crippen LogP contribution in [0.2, 0.25) is 0 Å². The molecule has 6 heteroatoms. The monoisotopic (exact) mass is 235 g/mol. The molecular formula is C11H17N5O. The van der Waals surface area contributed by atoms with Gasteiger partial charge in [-0.1, -0.05) is 0 Å². The average Bonchev–Trinajstić information content (AvgIpc) is 2.77. The highest BCUT2D eigenvalue weighted by molar-refractivity contribution is 5.82. The van der Waals surface area contributed by atoms with E-state index in [1.165, 1.54) is 6.33 Å². The second-order valence-corrected chi connectivity index (χ2v) is 4.16. The summed E-state index contributed by atoms with van der Waals surface area (Å²) < 4.78 is 0. The van der Waals surface area contributed by atoms with Gasteiger partial charge in [0.15, 0.2) is 11.5 Å². The third kappa shape index (κ3) is 2.36. The Balaban J connectivity index is 2.37. The van der Waals surface area contributed by atoms with E-state index in [-0.39, 0.29) is 6.61 Å². The van der Waals surface area contributed by atoms with E-state index in [0.717, 1.165) is 24.3 Å². The molecule has 0 radical (unpaired) electrons. The summed E-state index contributed by atoms with van der Waals surface area (Å²) in [7, 11) is 0. The van der Waals surface area contributed by atoms with Crippen molar-refractivity contribution in [3.05, 3.63) is 12.7 Å². The van der Waals surface area contributed by atoms with Gasteiger partial charge in [-0.2, -0.15) is 0 Å². The van der Waals surface area contributed by atoms with Crippen LogP contribution >= 0.6 is 0 Å². The summed E-state index contributed by atoms with van der Waals surface area (Å²) in [6.07, 6.45) is 3.86. The Hall–Kier alpha value is -1.69. The molecule has 92 valence electrons. The third-order valence-corrected chi connectivity index (χ3v) is 2.66. The van der Waals surface area contributed by atoms with Crippen LogP contribution in [0.4, 0.5) is 5.82 Å². The minimum absolute atomic E-state index is 0.181. The Kier molecular flexibility index (Phi) is 3.53. The molecule has 2 N–H and O–H groups in total. The molecule has 2 aromatic heterocycles. The Morgan fingerprint density at radius 1 is 1.35 bits per heavy atom. The molecule has 6 nitrogen and oxygen atoms in total. The van der Waals surface area contributed by atoms with Gasteiger partial charge in [0.25, 0.3) is 0 Å². The molecule has 0 aliphatic rings. The highest BCUT2D eigenvalue weighted by atomic mass is 16.3. The summed E-state index contributed by atoms with van der Waals surface area (Å²) >= 11 is 0. The lowest BCUT2D eigenvalue weighted by atomic mass is 10.2. The molecule has 0 aliphatic carbocycles. The number of nitrogens with zero attached hydrogens (tertiary/aromatic N) is 4. The van der Waals surface area contributed by atoms with Crippen LogP contribution in [0.15, 0.2) is 12.7 Å². The predicted molar refractivity (Wildman–Crippen MR) is 65.9 cm³/mol. The third-order valence-electron chi connectivity index (χ3n) is 2.66. The highest BCUT2D eigenvalue weighted by Gasteiger charge is 2.16. The van der Waals surface area contributed by atoms with Crippen molar-refractivity contribution in [1.29, 1.82) is 0 Å². The number of anilines is 1. The molecule has 0 aliphatic heterocycles. The van der Waals surface area contributed by atoms with E-state index in [1.807, 2.05) is 0 Å². The van der Waals surface area contributed by atoms with Crippen LogP contribution in [0.5, 0.6) is 0 Å². The number of rotatable bonds is 5. The fraction of sp³-hybridized carbons (Fsp3) is 0.545. The van der Waals surface area contributed by atoms with Crippen molar-refractivity contribution in [3.63, 3.8) is 0 Å². The van der Waals surface area contributed by atoms with Crippen LogP contribution in [0.1, 0.15) is 20.3 Å². The lowest BCUT2D eigenvalue weighted by Crippen LogP contribution is -2.33. The molecule has 0 spiro atoms. The zero-order valence-corrected chi connectivity index (χ0v) is 10.1. The van der Waals surface area contributed by atoms with Gasteiger partial charge in [0.2, 0.25) is 0 Å². The largest absolute Gasteiger partial charge is 0.396 e. The number of imidazole rings is 1. The summed E-state index contributed by atoms with van der Waals surface area (Å²) in [6.45, 7) is 5.14. The smallest absolute Gasteiger partial charge is 0.182 e. The molecule has 0 aromatic carbocycles. The van der Waals surface area contributed by atoms with Crippen LogP contribution in [0.25, 0.3) is 11.2 Å². The minimum Gasteiger partial charge on any atom is -0.396 e. The first-order valence-electron chi connectivity index (χ1n) is 5.75. The normalized spacial score (nSPS) is 11.3. The van der Waals surface area contributed by atoms with Crippen molar-refractivity contribution >= 4 is 17.0 Å². The molecule has 0 unspecified atom stereocenters. The van der Waals surface area contributed by atoms with Crippen molar-refractivity contribution < 1.29 is 5.11 Å². The molecular weight excluding hydrogens is 218 g/mol. The maximum atomic E-state index is 8.94. The van der Waals surface area contributed by atoms with Gasteiger partial charge in [0, 0.05) is 19.2 Å². The fourth-order valence-corrected chi connectivity index (χ4v) is 1.82. The van der Waals surface area contributed by atoms with Crippen LogP contribution in [0, 0.1) is 0 Å². The standard InChI is InChI=1S/C11H17N5O/c1-8(2)16(4-3-5-17)11-9-10(13-6-12-9)14-7-15-11/h6-8,17H,3-5H2,1-2H3,(H,12,13,14,15). The van der Waals surface area contributed by atoms with Crippen molar-refractivity contribution in [2.45, 2.75) is 26.3 Å². The van der Waals surface area contributed by atoms with Crippen LogP contribution in [-0.2, 0) is 0 Å². The van der Waals surface area contributed by atoms with E-state index in [4.69, 9.17) is 5.11 Å². The lowest BCUT2D eigenvalue weighted by molar-refractivity contribution is 0.288. The predicted octanol–water partition coefficient (Wildman–Crippen LogP) is 0.950. The molecule has 17 heavy (non-hydrogen) atoms. The first-order chi connectivity index (χ1) is 8.24. The molecule has 0 bridgehead atoms. The van der Waals surface area contributed by atoms with Gasteiger partial charge in [-0.05, 0) is 20.3 Å². The van der Waals surface area contributed by atoms with Crippen LogP contribution in [0.3, 0.4) is 0 Å². The summed E-state index contributed by atoms with van der Waals surface area (Å²) in [5.41, 5.74) is 1.52. The Bertz CT molecular complexity index is 481. The summed E-state index contributed by atoms with van der Waals surface area (Å²) in [6, 6.07) is 0.308. The number of nitrogens with one attached hydrogen (secondary N) is 1. The van der Waals surface area contributed by atoms with E-state index in [9.17, 15) is 0 Å². The summed E-state index contributed by atoms with van der Waals surface area (Å²) in [4.78, 5) is 17.7. The van der Waals surface area contributed by atoms with Gasteiger partial charge < -0.3 is 15.0 Å². The molecule has 0 fully saturated rings. The zero-order valence-electron chi connectivity index (χ0n) is 10.1. The van der Waals surface area contributed by atoms with E-state index < -0.39 is 0 Å². The molecule has 2 heterocycles. The first kappa shape index (κ1) is 11.8. The van der Waals surface area contributed by atoms with Crippen molar-refractivity contribution in [1.82, 2.24) is 19.9 Å². The maximum absolute atomic E-state index is 8.94. The minimum atomic E-state index is 0.181. The molecule has 0 saturated carbocycles. The Labute approximate surface area is 99.7 Å². The lowest BCUT2D eigenvalue weighted by Gasteiger charge is -2.27. The van der Waals surface area contributed by atoms with E-state index >= 15 is 0 Å². The van der Waals surface area contributed by atoms with Gasteiger partial charge in [-0.25, -0.2) is 15.0 Å². The van der Waals surface area contributed by atoms with E-state index in [1.54, 1.807) is 6.33 Å². The number of aliphatic hydroxyl groups excluding tert-OH is 1. The molecule has 0 saturated heterocycles. The number of hydrogen-bond acceptors (Lipinski definition) is 5. The van der Waals surface area contributed by atoms with E-state index in [0.29, 0.717) is 11.7 Å². The van der Waals surface area contributed by atoms with Gasteiger partial charge in [-0.15, -0.1) is 0 Å². The maximum Gasteiger partial charge on any atom is 0.182 e. The second-order valence-electron chi connectivity index (χ2n) is 4.16. The van der Waals surface area contributed by atoms with Gasteiger partial charge in [0.05, 0.1) is 6.33 Å². The number of aliphatic hydroxyl groups is 1. The molecule has 2 aromatic rings. The second kappa shape index (κ2) is 5.09. The van der Waals surface area contributed by atoms with E-state index in [2.05, 4.69) is 38.7 Å². The van der Waals surface area contributed by atoms with Crippen molar-refractivity contribution in [2.75, 3.05) is 18.1 Å². The number of hydrogen-bond donors (Lipinski definition) is 2. The number of aromatic nitrogens is 4. The van der Waals surface area contributed by atoms with Gasteiger partial charge in [-0.3, -0.25) is 0 Å². The van der Waals surface area contributed by atoms with Crippen molar-refractivity contribution in [2.24, 2.45) is 0 Å². The topological polar surface area (TPSA) is 77.9 Å². The number of fused-ring (bicyclic) bond motifs is 1. The quantitative estimate of drug-likeness (QED) is 0.806.